The number of carboxylic acids is 1. The van der Waals surface area contributed by atoms with Crippen LogP contribution in [0.25, 0.3) is 0 Å². The molecule has 0 unspecified atom stereocenters. The fourth-order valence-electron chi connectivity index (χ4n) is 1.47. The summed E-state index contributed by atoms with van der Waals surface area (Å²) in [6, 6.07) is -1.15. The van der Waals surface area contributed by atoms with Gasteiger partial charge in [0.15, 0.2) is 0 Å². The summed E-state index contributed by atoms with van der Waals surface area (Å²) in [4.78, 5) is 34.1. The maximum absolute atomic E-state index is 11.5. The van der Waals surface area contributed by atoms with Crippen molar-refractivity contribution in [3.05, 3.63) is 0 Å². The summed E-state index contributed by atoms with van der Waals surface area (Å²) in [6.45, 7) is 2.22. The van der Waals surface area contributed by atoms with E-state index in [1.807, 2.05) is 6.92 Å². The normalized spacial score (nSPS) is 20.6. The molecule has 0 aliphatic carbocycles. The number of rotatable bonds is 5. The number of nitrogens with zero attached hydrogens (tertiary/aromatic N) is 1. The Labute approximate surface area is 87.2 Å². The molecule has 1 aliphatic rings. The molecule has 0 aromatic heterocycles. The highest BCUT2D eigenvalue weighted by molar-refractivity contribution is 6.04. The highest BCUT2D eigenvalue weighted by Crippen LogP contribution is 2.11. The number of aliphatic carboxylic acids is 1. The first kappa shape index (κ1) is 11.5. The Morgan fingerprint density at radius 3 is 2.73 bits per heavy atom. The van der Waals surface area contributed by atoms with Gasteiger partial charge in [0, 0.05) is 12.5 Å². The molecule has 15 heavy (non-hydrogen) atoms. The Hall–Kier alpha value is -1.59. The molecular weight excluding hydrogens is 200 g/mol. The Balaban J connectivity index is 2.53. The van der Waals surface area contributed by atoms with E-state index in [2.05, 4.69) is 5.32 Å². The SMILES string of the molecule is CCCN1C(=O)N[C@@H](CCC(=O)[O-])C1=O. The molecule has 0 saturated carbocycles. The number of carbonyl (C=O) groups excluding carboxylic acids is 3. The Kier molecular flexibility index (Phi) is 3.65. The summed E-state index contributed by atoms with van der Waals surface area (Å²) in [7, 11) is 0. The van der Waals surface area contributed by atoms with E-state index in [1.165, 1.54) is 0 Å². The Bertz CT molecular complexity index is 290. The molecule has 1 fully saturated rings. The van der Waals surface area contributed by atoms with Gasteiger partial charge in [0.05, 0.1) is 0 Å². The van der Waals surface area contributed by atoms with Crippen molar-refractivity contribution in [3.63, 3.8) is 0 Å². The number of hydrogen-bond acceptors (Lipinski definition) is 4. The van der Waals surface area contributed by atoms with Crippen molar-refractivity contribution in [1.29, 1.82) is 0 Å². The summed E-state index contributed by atoms with van der Waals surface area (Å²) < 4.78 is 0. The van der Waals surface area contributed by atoms with Crippen molar-refractivity contribution in [2.45, 2.75) is 32.2 Å². The minimum atomic E-state index is -1.22. The van der Waals surface area contributed by atoms with E-state index >= 15 is 0 Å². The topological polar surface area (TPSA) is 89.5 Å². The summed E-state index contributed by atoms with van der Waals surface area (Å²) >= 11 is 0. The average Bonchev–Trinajstić information content (AvgIpc) is 2.43. The van der Waals surface area contributed by atoms with Crippen LogP contribution in [0.15, 0.2) is 0 Å². The molecular formula is C9H13N2O4-. The van der Waals surface area contributed by atoms with E-state index in [-0.39, 0.29) is 18.7 Å². The van der Waals surface area contributed by atoms with E-state index in [4.69, 9.17) is 0 Å². The molecule has 1 saturated heterocycles. The lowest BCUT2D eigenvalue weighted by Gasteiger charge is -2.11. The molecule has 1 N–H and O–H groups in total. The minimum Gasteiger partial charge on any atom is -0.550 e. The molecule has 0 spiro atoms. The quantitative estimate of drug-likeness (QED) is 0.584. The summed E-state index contributed by atoms with van der Waals surface area (Å²) in [6.07, 6.45) is 0.552. The molecule has 6 nitrogen and oxygen atoms in total. The second kappa shape index (κ2) is 4.77. The van der Waals surface area contributed by atoms with Crippen LogP contribution >= 0.6 is 0 Å². The molecule has 0 radical (unpaired) electrons. The number of urea groups is 1. The first-order chi connectivity index (χ1) is 7.06. The zero-order chi connectivity index (χ0) is 11.4. The highest BCUT2D eigenvalue weighted by Gasteiger charge is 2.36. The third kappa shape index (κ3) is 2.68. The summed E-state index contributed by atoms with van der Waals surface area (Å²) in [5, 5.41) is 12.6. The molecule has 1 aliphatic heterocycles. The average molecular weight is 213 g/mol. The van der Waals surface area contributed by atoms with Crippen molar-refractivity contribution in [2.24, 2.45) is 0 Å². The van der Waals surface area contributed by atoms with Gasteiger partial charge in [-0.2, -0.15) is 0 Å². The van der Waals surface area contributed by atoms with Crippen molar-refractivity contribution in [3.8, 4) is 0 Å². The number of nitrogens with one attached hydrogen (secondary N) is 1. The lowest BCUT2D eigenvalue weighted by Crippen LogP contribution is -2.33. The van der Waals surface area contributed by atoms with Gasteiger partial charge in [-0.15, -0.1) is 0 Å². The van der Waals surface area contributed by atoms with Gasteiger partial charge >= 0.3 is 6.03 Å². The van der Waals surface area contributed by atoms with Crippen molar-refractivity contribution in [2.75, 3.05) is 6.54 Å². The second-order valence-corrected chi connectivity index (χ2v) is 3.40. The fourth-order valence-corrected chi connectivity index (χ4v) is 1.47. The van der Waals surface area contributed by atoms with Crippen LogP contribution in [0.4, 0.5) is 4.79 Å². The Morgan fingerprint density at radius 2 is 2.20 bits per heavy atom. The van der Waals surface area contributed by atoms with E-state index in [1.54, 1.807) is 0 Å². The third-order valence-electron chi connectivity index (χ3n) is 2.19. The van der Waals surface area contributed by atoms with E-state index in [9.17, 15) is 19.5 Å². The maximum Gasteiger partial charge on any atom is 0.324 e. The molecule has 84 valence electrons. The fraction of sp³-hybridized carbons (Fsp3) is 0.667. The van der Waals surface area contributed by atoms with Crippen molar-refractivity contribution < 1.29 is 19.5 Å². The van der Waals surface area contributed by atoms with E-state index < -0.39 is 18.0 Å². The van der Waals surface area contributed by atoms with Gasteiger partial charge in [-0.1, -0.05) is 6.92 Å². The van der Waals surface area contributed by atoms with E-state index in [0.717, 1.165) is 4.90 Å². The Morgan fingerprint density at radius 1 is 1.53 bits per heavy atom. The van der Waals surface area contributed by atoms with Gasteiger partial charge in [0.1, 0.15) is 6.04 Å². The van der Waals surface area contributed by atoms with Crippen LogP contribution < -0.4 is 10.4 Å². The zero-order valence-corrected chi connectivity index (χ0v) is 8.49. The predicted octanol–water partition coefficient (Wildman–Crippen LogP) is -1.15. The standard InChI is InChI=1S/C9H14N2O4/c1-2-5-11-8(14)6(10-9(11)15)3-4-7(12)13/h6H,2-5H2,1H3,(H,10,15)(H,12,13)/p-1/t6-/m0/s1. The molecule has 1 rings (SSSR count). The lowest BCUT2D eigenvalue weighted by molar-refractivity contribution is -0.305. The summed E-state index contributed by atoms with van der Waals surface area (Å²) in [5.41, 5.74) is 0. The molecule has 0 aromatic rings. The maximum atomic E-state index is 11.5. The van der Waals surface area contributed by atoms with Gasteiger partial charge in [0.2, 0.25) is 0 Å². The van der Waals surface area contributed by atoms with Crippen LogP contribution in [0.2, 0.25) is 0 Å². The number of imide groups is 1. The minimum absolute atomic E-state index is 0.0904. The van der Waals surface area contributed by atoms with Crippen LogP contribution in [-0.2, 0) is 9.59 Å². The predicted molar refractivity (Wildman–Crippen MR) is 48.6 cm³/mol. The molecule has 6 heteroatoms. The summed E-state index contributed by atoms with van der Waals surface area (Å²) in [5.74, 6) is -1.56. The number of amides is 3. The molecule has 0 aromatic carbocycles. The van der Waals surface area contributed by atoms with Gasteiger partial charge < -0.3 is 15.2 Å². The molecule has 3 amide bonds. The monoisotopic (exact) mass is 213 g/mol. The first-order valence-electron chi connectivity index (χ1n) is 4.88. The van der Waals surface area contributed by atoms with Gasteiger partial charge in [-0.3, -0.25) is 9.69 Å². The lowest BCUT2D eigenvalue weighted by atomic mass is 10.1. The van der Waals surface area contributed by atoms with Crippen LogP contribution in [0.5, 0.6) is 0 Å². The van der Waals surface area contributed by atoms with Crippen molar-refractivity contribution >= 4 is 17.9 Å². The second-order valence-electron chi connectivity index (χ2n) is 3.40. The van der Waals surface area contributed by atoms with Crippen LogP contribution in [0.3, 0.4) is 0 Å². The number of carboxylic acid groups (broad SMARTS) is 1. The largest absolute Gasteiger partial charge is 0.550 e. The smallest absolute Gasteiger partial charge is 0.324 e. The van der Waals surface area contributed by atoms with Gasteiger partial charge in [0.25, 0.3) is 5.91 Å². The first-order valence-corrected chi connectivity index (χ1v) is 4.88. The van der Waals surface area contributed by atoms with Crippen molar-refractivity contribution in [1.82, 2.24) is 10.2 Å². The van der Waals surface area contributed by atoms with Gasteiger partial charge in [-0.05, 0) is 19.3 Å². The molecule has 1 atom stereocenters. The van der Waals surface area contributed by atoms with Gasteiger partial charge in [-0.25, -0.2) is 4.79 Å². The van der Waals surface area contributed by atoms with E-state index in [0.29, 0.717) is 13.0 Å². The third-order valence-corrected chi connectivity index (χ3v) is 2.19. The number of carbonyl (C=O) groups is 3. The number of hydrogen-bond donors (Lipinski definition) is 1. The zero-order valence-electron chi connectivity index (χ0n) is 8.49. The van der Waals surface area contributed by atoms with Crippen LogP contribution in [0, 0.1) is 0 Å². The van der Waals surface area contributed by atoms with Crippen LogP contribution in [-0.4, -0.2) is 35.4 Å². The van der Waals surface area contributed by atoms with Crippen LogP contribution in [0.1, 0.15) is 26.2 Å². The highest BCUT2D eigenvalue weighted by atomic mass is 16.4. The molecule has 1 heterocycles. The molecule has 0 bridgehead atoms.